The molecule has 5 nitrogen and oxygen atoms in total. The van der Waals surface area contributed by atoms with E-state index in [4.69, 9.17) is 9.96 Å². The minimum atomic E-state index is -1.67. The van der Waals surface area contributed by atoms with E-state index >= 15 is 0 Å². The lowest BCUT2D eigenvalue weighted by molar-refractivity contribution is 0.113. The summed E-state index contributed by atoms with van der Waals surface area (Å²) in [7, 11) is -1.67. The number of nitrogens with zero attached hydrogens (tertiary/aromatic N) is 4. The second-order valence-electron chi connectivity index (χ2n) is 8.17. The number of hydrogen-bond acceptors (Lipinski definition) is 3. The normalized spacial score (nSPS) is 30.2. The standard InChI is InChI=1S/C15H30N4OSi/c1-14(2,3)21(4,5)20-11-13-7-9-15(12-17-18-16)8-6-10-19(13)15/h13H,6-12H2,1-5H3. The lowest BCUT2D eigenvalue weighted by Crippen LogP contribution is -2.48. The molecule has 0 radical (unpaired) electrons. The second-order valence-corrected chi connectivity index (χ2v) is 13.0. The molecule has 2 heterocycles. The summed E-state index contributed by atoms with van der Waals surface area (Å²) in [4.78, 5) is 5.55. The molecule has 2 fully saturated rings. The van der Waals surface area contributed by atoms with Crippen LogP contribution in [-0.2, 0) is 4.43 Å². The van der Waals surface area contributed by atoms with Crippen LogP contribution in [0.3, 0.4) is 0 Å². The van der Waals surface area contributed by atoms with Crippen molar-refractivity contribution in [3.63, 3.8) is 0 Å². The van der Waals surface area contributed by atoms with Crippen molar-refractivity contribution in [3.05, 3.63) is 10.4 Å². The maximum atomic E-state index is 8.63. The van der Waals surface area contributed by atoms with Crippen molar-refractivity contribution < 1.29 is 4.43 Å². The van der Waals surface area contributed by atoms with Gasteiger partial charge in [0.25, 0.3) is 0 Å². The zero-order valence-corrected chi connectivity index (χ0v) is 15.2. The summed E-state index contributed by atoms with van der Waals surface area (Å²) in [5.74, 6) is 0. The summed E-state index contributed by atoms with van der Waals surface area (Å²) in [6.07, 6.45) is 4.72. The van der Waals surface area contributed by atoms with Gasteiger partial charge in [0.2, 0.25) is 0 Å². The molecule has 6 heteroatoms. The first kappa shape index (κ1) is 16.8. The highest BCUT2D eigenvalue weighted by Crippen LogP contribution is 2.44. The largest absolute Gasteiger partial charge is 0.415 e. The van der Waals surface area contributed by atoms with E-state index in [2.05, 4.69) is 48.8 Å². The lowest BCUT2D eigenvalue weighted by Gasteiger charge is -2.39. The maximum Gasteiger partial charge on any atom is 0.192 e. The maximum absolute atomic E-state index is 8.63. The fourth-order valence-electron chi connectivity index (χ4n) is 3.50. The molecular formula is C15H30N4OSi. The summed E-state index contributed by atoms with van der Waals surface area (Å²) in [5.41, 5.74) is 8.76. The fourth-order valence-corrected chi connectivity index (χ4v) is 4.54. The Hall–Kier alpha value is -0.553. The van der Waals surface area contributed by atoms with E-state index < -0.39 is 8.32 Å². The van der Waals surface area contributed by atoms with Crippen LogP contribution in [0, 0.1) is 0 Å². The predicted octanol–water partition coefficient (Wildman–Crippen LogP) is 4.32. The number of hydrogen-bond donors (Lipinski definition) is 0. The van der Waals surface area contributed by atoms with E-state index in [1.165, 1.54) is 19.3 Å². The van der Waals surface area contributed by atoms with Crippen LogP contribution in [0.4, 0.5) is 0 Å². The molecule has 0 aromatic carbocycles. The zero-order chi connectivity index (χ0) is 15.7. The smallest absolute Gasteiger partial charge is 0.192 e. The van der Waals surface area contributed by atoms with Gasteiger partial charge in [-0.1, -0.05) is 25.9 Å². The zero-order valence-electron chi connectivity index (χ0n) is 14.2. The Bertz CT molecular complexity index is 428. The predicted molar refractivity (Wildman–Crippen MR) is 88.9 cm³/mol. The highest BCUT2D eigenvalue weighted by atomic mass is 28.4. The topological polar surface area (TPSA) is 61.2 Å². The quantitative estimate of drug-likeness (QED) is 0.329. The Kier molecular flexibility index (Phi) is 4.74. The van der Waals surface area contributed by atoms with Crippen molar-refractivity contribution in [1.82, 2.24) is 4.90 Å². The molecule has 0 saturated carbocycles. The Balaban J connectivity index is 1.99. The second kappa shape index (κ2) is 5.92. The molecule has 0 N–H and O–H groups in total. The minimum Gasteiger partial charge on any atom is -0.415 e. The van der Waals surface area contributed by atoms with Gasteiger partial charge in [0.05, 0.1) is 0 Å². The van der Waals surface area contributed by atoms with Crippen molar-refractivity contribution in [2.75, 3.05) is 19.7 Å². The van der Waals surface area contributed by atoms with E-state index in [0.29, 0.717) is 12.6 Å². The molecule has 2 rings (SSSR count). The summed E-state index contributed by atoms with van der Waals surface area (Å²) in [6, 6.07) is 0.510. The van der Waals surface area contributed by atoms with Crippen LogP contribution in [0.2, 0.25) is 18.1 Å². The molecule has 2 atom stereocenters. The number of fused-ring (bicyclic) bond motifs is 1. The van der Waals surface area contributed by atoms with Crippen LogP contribution in [0.5, 0.6) is 0 Å². The Morgan fingerprint density at radius 2 is 2.10 bits per heavy atom. The van der Waals surface area contributed by atoms with Crippen molar-refractivity contribution in [2.45, 2.75) is 76.2 Å². The molecule has 0 amide bonds. The van der Waals surface area contributed by atoms with Crippen LogP contribution >= 0.6 is 0 Å². The number of rotatable bonds is 5. The minimum absolute atomic E-state index is 0.133. The molecule has 2 saturated heterocycles. The van der Waals surface area contributed by atoms with Crippen molar-refractivity contribution in [3.8, 4) is 0 Å². The van der Waals surface area contributed by atoms with Crippen molar-refractivity contribution in [1.29, 1.82) is 0 Å². The lowest BCUT2D eigenvalue weighted by atomic mass is 9.94. The summed E-state index contributed by atoms with van der Waals surface area (Å²) < 4.78 is 6.43. The Morgan fingerprint density at radius 3 is 2.71 bits per heavy atom. The molecule has 0 aliphatic carbocycles. The van der Waals surface area contributed by atoms with Crippen LogP contribution < -0.4 is 0 Å². The van der Waals surface area contributed by atoms with Crippen LogP contribution in [0.15, 0.2) is 5.11 Å². The molecule has 2 unspecified atom stereocenters. The summed E-state index contributed by atoms with van der Waals surface area (Å²) in [6.45, 7) is 14.1. The third-order valence-corrected chi connectivity index (χ3v) is 10.4. The first-order chi connectivity index (χ1) is 9.72. The van der Waals surface area contributed by atoms with Crippen molar-refractivity contribution in [2.24, 2.45) is 5.11 Å². The van der Waals surface area contributed by atoms with E-state index in [9.17, 15) is 0 Å². The molecule has 0 aromatic rings. The first-order valence-corrected chi connectivity index (χ1v) is 11.0. The van der Waals surface area contributed by atoms with E-state index in [0.717, 1.165) is 19.6 Å². The van der Waals surface area contributed by atoms with Crippen LogP contribution in [-0.4, -0.2) is 44.5 Å². The molecule has 2 aliphatic rings. The number of azide groups is 1. The summed E-state index contributed by atoms with van der Waals surface area (Å²) in [5, 5.41) is 4.14. The van der Waals surface area contributed by atoms with Gasteiger partial charge >= 0.3 is 0 Å². The third kappa shape index (κ3) is 3.29. The summed E-state index contributed by atoms with van der Waals surface area (Å²) >= 11 is 0. The van der Waals surface area contributed by atoms with Gasteiger partial charge < -0.3 is 4.43 Å². The van der Waals surface area contributed by atoms with Gasteiger partial charge in [-0.15, -0.1) is 0 Å². The highest BCUT2D eigenvalue weighted by Gasteiger charge is 2.49. The molecule has 2 aliphatic heterocycles. The van der Waals surface area contributed by atoms with Gasteiger partial charge in [-0.2, -0.15) is 0 Å². The average Bonchev–Trinajstić information content (AvgIpc) is 2.92. The SMILES string of the molecule is CC(C)(C)[Si](C)(C)OCC1CCC2(CN=[N+]=[N-])CCCN12. The van der Waals surface area contributed by atoms with Gasteiger partial charge in [0, 0.05) is 29.6 Å². The van der Waals surface area contributed by atoms with Gasteiger partial charge in [-0.25, -0.2) is 0 Å². The molecule has 120 valence electrons. The van der Waals surface area contributed by atoms with Gasteiger partial charge in [-0.3, -0.25) is 4.90 Å². The molecule has 0 bridgehead atoms. The average molecular weight is 311 g/mol. The molecule has 21 heavy (non-hydrogen) atoms. The fraction of sp³-hybridized carbons (Fsp3) is 1.00. The van der Waals surface area contributed by atoms with E-state index in [1.54, 1.807) is 0 Å². The van der Waals surface area contributed by atoms with E-state index in [-0.39, 0.29) is 10.6 Å². The first-order valence-electron chi connectivity index (χ1n) is 8.13. The van der Waals surface area contributed by atoms with Crippen LogP contribution in [0.25, 0.3) is 10.4 Å². The Morgan fingerprint density at radius 1 is 1.38 bits per heavy atom. The monoisotopic (exact) mass is 310 g/mol. The van der Waals surface area contributed by atoms with Gasteiger partial charge in [0.15, 0.2) is 8.32 Å². The molecule has 0 aromatic heterocycles. The third-order valence-electron chi connectivity index (χ3n) is 5.91. The Labute approximate surface area is 129 Å². The molecule has 0 spiro atoms. The molecular weight excluding hydrogens is 280 g/mol. The van der Waals surface area contributed by atoms with Gasteiger partial charge in [0.1, 0.15) is 0 Å². The van der Waals surface area contributed by atoms with Gasteiger partial charge in [-0.05, 0) is 55.9 Å². The van der Waals surface area contributed by atoms with Crippen molar-refractivity contribution >= 4 is 8.32 Å². The van der Waals surface area contributed by atoms with Crippen LogP contribution in [0.1, 0.15) is 46.5 Å². The highest BCUT2D eigenvalue weighted by molar-refractivity contribution is 6.74. The van der Waals surface area contributed by atoms with E-state index in [1.807, 2.05) is 0 Å².